The fourth-order valence-corrected chi connectivity index (χ4v) is 2.85. The van der Waals surface area contributed by atoms with Gasteiger partial charge in [0.2, 0.25) is 0 Å². The molecule has 0 fully saturated rings. The molecule has 0 radical (unpaired) electrons. The molecule has 0 saturated carbocycles. The van der Waals surface area contributed by atoms with Crippen molar-refractivity contribution in [3.8, 4) is 11.4 Å². The van der Waals surface area contributed by atoms with Crippen molar-refractivity contribution in [2.75, 3.05) is 6.54 Å². The second-order valence-corrected chi connectivity index (χ2v) is 5.68. The second-order valence-electron chi connectivity index (χ2n) is 4.74. The summed E-state index contributed by atoms with van der Waals surface area (Å²) < 4.78 is 5.12. The van der Waals surface area contributed by atoms with E-state index >= 15 is 0 Å². The Morgan fingerprint density at radius 3 is 2.95 bits per heavy atom. The summed E-state index contributed by atoms with van der Waals surface area (Å²) in [5.41, 5.74) is 2.31. The third-order valence-electron chi connectivity index (χ3n) is 3.21. The molecule has 3 aromatic heterocycles. The van der Waals surface area contributed by atoms with Crippen LogP contribution in [0, 0.1) is 6.92 Å². The lowest BCUT2D eigenvalue weighted by molar-refractivity contribution is 0.0952. The largest absolute Gasteiger partial charge is 0.469 e. The Labute approximate surface area is 132 Å². The molecule has 0 atom stereocenters. The van der Waals surface area contributed by atoms with Gasteiger partial charge in [-0.05, 0) is 25.1 Å². The van der Waals surface area contributed by atoms with Crippen LogP contribution in [0.15, 0.2) is 46.5 Å². The van der Waals surface area contributed by atoms with Gasteiger partial charge in [0.15, 0.2) is 0 Å². The highest BCUT2D eigenvalue weighted by atomic mass is 32.1. The maximum atomic E-state index is 11.9. The van der Waals surface area contributed by atoms with Crippen LogP contribution in [0.3, 0.4) is 0 Å². The van der Waals surface area contributed by atoms with E-state index in [1.807, 2.05) is 23.6 Å². The first-order chi connectivity index (χ1) is 10.7. The van der Waals surface area contributed by atoms with Crippen LogP contribution in [0.5, 0.6) is 0 Å². The van der Waals surface area contributed by atoms with E-state index in [4.69, 9.17) is 4.42 Å². The SMILES string of the molecule is Cc1occc1C(=O)NCCc1nc(-c2ccccn2)cs1. The van der Waals surface area contributed by atoms with Crippen LogP contribution in [0.4, 0.5) is 0 Å². The van der Waals surface area contributed by atoms with E-state index < -0.39 is 0 Å². The zero-order valence-corrected chi connectivity index (χ0v) is 12.9. The Hall–Kier alpha value is -2.47. The molecule has 3 heterocycles. The van der Waals surface area contributed by atoms with Crippen molar-refractivity contribution in [2.24, 2.45) is 0 Å². The van der Waals surface area contributed by atoms with Gasteiger partial charge >= 0.3 is 0 Å². The monoisotopic (exact) mass is 313 g/mol. The molecular formula is C16H15N3O2S. The minimum absolute atomic E-state index is 0.118. The number of nitrogens with one attached hydrogen (secondary N) is 1. The van der Waals surface area contributed by atoms with E-state index in [9.17, 15) is 4.79 Å². The smallest absolute Gasteiger partial charge is 0.254 e. The molecule has 0 aliphatic carbocycles. The summed E-state index contributed by atoms with van der Waals surface area (Å²) in [5.74, 6) is 0.511. The molecule has 0 saturated heterocycles. The minimum Gasteiger partial charge on any atom is -0.469 e. The van der Waals surface area contributed by atoms with Crippen molar-refractivity contribution in [1.82, 2.24) is 15.3 Å². The van der Waals surface area contributed by atoms with Gasteiger partial charge in [0.25, 0.3) is 5.91 Å². The molecule has 112 valence electrons. The van der Waals surface area contributed by atoms with E-state index in [2.05, 4.69) is 15.3 Å². The molecule has 6 heteroatoms. The molecule has 0 aliphatic rings. The van der Waals surface area contributed by atoms with Crippen LogP contribution in [0.2, 0.25) is 0 Å². The molecule has 0 spiro atoms. The Morgan fingerprint density at radius 2 is 2.23 bits per heavy atom. The second kappa shape index (κ2) is 6.53. The zero-order valence-electron chi connectivity index (χ0n) is 12.1. The Balaban J connectivity index is 1.56. The average molecular weight is 313 g/mol. The van der Waals surface area contributed by atoms with Gasteiger partial charge in [0.1, 0.15) is 5.76 Å². The highest BCUT2D eigenvalue weighted by molar-refractivity contribution is 7.09. The van der Waals surface area contributed by atoms with Crippen LogP contribution in [-0.2, 0) is 6.42 Å². The molecule has 3 rings (SSSR count). The molecule has 0 unspecified atom stereocenters. The predicted octanol–water partition coefficient (Wildman–Crippen LogP) is 3.08. The highest BCUT2D eigenvalue weighted by Crippen LogP contribution is 2.19. The van der Waals surface area contributed by atoms with Crippen molar-refractivity contribution in [2.45, 2.75) is 13.3 Å². The maximum Gasteiger partial charge on any atom is 0.254 e. The lowest BCUT2D eigenvalue weighted by Gasteiger charge is -2.02. The molecule has 22 heavy (non-hydrogen) atoms. The van der Waals surface area contributed by atoms with E-state index in [-0.39, 0.29) is 5.91 Å². The summed E-state index contributed by atoms with van der Waals surface area (Å²) in [6.07, 6.45) is 3.96. The van der Waals surface area contributed by atoms with Crippen LogP contribution in [0.25, 0.3) is 11.4 Å². The molecule has 0 bridgehead atoms. The van der Waals surface area contributed by atoms with Crippen LogP contribution in [-0.4, -0.2) is 22.4 Å². The summed E-state index contributed by atoms with van der Waals surface area (Å²) in [6, 6.07) is 7.43. The van der Waals surface area contributed by atoms with Crippen molar-refractivity contribution in [1.29, 1.82) is 0 Å². The number of nitrogens with zero attached hydrogens (tertiary/aromatic N) is 2. The van der Waals surface area contributed by atoms with Gasteiger partial charge in [-0.15, -0.1) is 11.3 Å². The molecule has 1 N–H and O–H groups in total. The number of aromatic nitrogens is 2. The predicted molar refractivity (Wildman–Crippen MR) is 84.8 cm³/mol. The zero-order chi connectivity index (χ0) is 15.4. The number of aryl methyl sites for hydroxylation is 1. The fourth-order valence-electron chi connectivity index (χ4n) is 2.06. The van der Waals surface area contributed by atoms with Gasteiger partial charge in [-0.1, -0.05) is 6.07 Å². The van der Waals surface area contributed by atoms with Gasteiger partial charge in [-0.3, -0.25) is 9.78 Å². The van der Waals surface area contributed by atoms with Gasteiger partial charge in [-0.25, -0.2) is 4.98 Å². The summed E-state index contributed by atoms with van der Waals surface area (Å²) in [4.78, 5) is 20.8. The first kappa shape index (κ1) is 14.5. The Kier molecular flexibility index (Phi) is 4.29. The third-order valence-corrected chi connectivity index (χ3v) is 4.12. The van der Waals surface area contributed by atoms with E-state index in [1.165, 1.54) is 6.26 Å². The number of thiazole rings is 1. The van der Waals surface area contributed by atoms with Gasteiger partial charge in [0, 0.05) is 24.5 Å². The number of pyridine rings is 1. The number of amides is 1. The summed E-state index contributed by atoms with van der Waals surface area (Å²) in [5, 5.41) is 5.84. The first-order valence-corrected chi connectivity index (χ1v) is 7.80. The number of carbonyl (C=O) groups excluding carboxylic acids is 1. The fraction of sp³-hybridized carbons (Fsp3) is 0.188. The van der Waals surface area contributed by atoms with Gasteiger partial charge in [0.05, 0.1) is 28.2 Å². The molecule has 5 nitrogen and oxygen atoms in total. The number of hydrogen-bond donors (Lipinski definition) is 1. The molecule has 1 amide bonds. The number of carbonyl (C=O) groups is 1. The summed E-state index contributed by atoms with van der Waals surface area (Å²) in [6.45, 7) is 2.31. The molecule has 0 aliphatic heterocycles. The normalized spacial score (nSPS) is 10.6. The van der Waals surface area contributed by atoms with Gasteiger partial charge < -0.3 is 9.73 Å². The number of rotatable bonds is 5. The first-order valence-electron chi connectivity index (χ1n) is 6.92. The summed E-state index contributed by atoms with van der Waals surface area (Å²) in [7, 11) is 0. The average Bonchev–Trinajstić information content (AvgIpc) is 3.17. The van der Waals surface area contributed by atoms with E-state index in [1.54, 1.807) is 30.5 Å². The topological polar surface area (TPSA) is 68.0 Å². The lowest BCUT2D eigenvalue weighted by Crippen LogP contribution is -2.25. The number of hydrogen-bond acceptors (Lipinski definition) is 5. The van der Waals surface area contributed by atoms with Gasteiger partial charge in [-0.2, -0.15) is 0 Å². The Bertz CT molecular complexity index is 765. The third kappa shape index (κ3) is 3.23. The molecule has 0 aromatic carbocycles. The highest BCUT2D eigenvalue weighted by Gasteiger charge is 2.11. The van der Waals surface area contributed by atoms with Crippen LogP contribution in [0.1, 0.15) is 21.1 Å². The van der Waals surface area contributed by atoms with Crippen LogP contribution >= 0.6 is 11.3 Å². The Morgan fingerprint density at radius 1 is 1.32 bits per heavy atom. The molecule has 3 aromatic rings. The quantitative estimate of drug-likeness (QED) is 0.786. The summed E-state index contributed by atoms with van der Waals surface area (Å²) >= 11 is 1.58. The van der Waals surface area contributed by atoms with Crippen molar-refractivity contribution in [3.63, 3.8) is 0 Å². The standard InChI is InChI=1S/C16H15N3O2S/c1-11-12(6-9-21-11)16(20)18-8-5-15-19-14(10-22-15)13-4-2-3-7-17-13/h2-4,6-7,9-10H,5,8H2,1H3,(H,18,20). The van der Waals surface area contributed by atoms with Crippen molar-refractivity contribution < 1.29 is 9.21 Å². The maximum absolute atomic E-state index is 11.9. The van der Waals surface area contributed by atoms with Crippen molar-refractivity contribution in [3.05, 3.63) is 58.4 Å². The lowest BCUT2D eigenvalue weighted by atomic mass is 10.2. The minimum atomic E-state index is -0.118. The van der Waals surface area contributed by atoms with Crippen LogP contribution < -0.4 is 5.32 Å². The molecular weight excluding hydrogens is 298 g/mol. The van der Waals surface area contributed by atoms with E-state index in [0.717, 1.165) is 16.4 Å². The van der Waals surface area contributed by atoms with Crippen molar-refractivity contribution >= 4 is 17.2 Å². The van der Waals surface area contributed by atoms with E-state index in [0.29, 0.717) is 24.3 Å². The number of furan rings is 1.